The van der Waals surface area contributed by atoms with Crippen LogP contribution < -0.4 is 0 Å². The SMILES string of the molecule is CCOC(=O)c1c(C)[nH]c(C(=O)COC(=O)Cc2coc3cc(O)ccc23)c1C. The first-order chi connectivity index (χ1) is 13.8. The van der Waals surface area contributed by atoms with Gasteiger partial charge in [-0.1, -0.05) is 0 Å². The van der Waals surface area contributed by atoms with Crippen molar-refractivity contribution in [3.8, 4) is 5.75 Å². The number of phenols is 1. The molecular formula is C21H21NO7. The molecule has 152 valence electrons. The van der Waals surface area contributed by atoms with Crippen molar-refractivity contribution < 1.29 is 33.4 Å². The van der Waals surface area contributed by atoms with E-state index >= 15 is 0 Å². The third kappa shape index (κ3) is 4.16. The van der Waals surface area contributed by atoms with Crippen LogP contribution in [0.3, 0.4) is 0 Å². The number of rotatable bonds is 7. The van der Waals surface area contributed by atoms with E-state index in [1.54, 1.807) is 26.8 Å². The van der Waals surface area contributed by atoms with Gasteiger partial charge in [-0.05, 0) is 38.5 Å². The molecule has 3 aromatic rings. The van der Waals surface area contributed by atoms with Crippen molar-refractivity contribution in [3.63, 3.8) is 0 Å². The second kappa shape index (κ2) is 8.22. The predicted molar refractivity (Wildman–Crippen MR) is 103 cm³/mol. The average Bonchev–Trinajstić information content (AvgIpc) is 3.19. The molecule has 0 saturated carbocycles. The maximum absolute atomic E-state index is 12.5. The highest BCUT2D eigenvalue weighted by Gasteiger charge is 2.23. The molecule has 8 heteroatoms. The number of aryl methyl sites for hydroxylation is 1. The number of furan rings is 1. The van der Waals surface area contributed by atoms with E-state index in [0.29, 0.717) is 33.4 Å². The monoisotopic (exact) mass is 399 g/mol. The molecule has 29 heavy (non-hydrogen) atoms. The normalized spacial score (nSPS) is 10.9. The summed E-state index contributed by atoms with van der Waals surface area (Å²) in [4.78, 5) is 39.5. The summed E-state index contributed by atoms with van der Waals surface area (Å²) in [6, 6.07) is 4.59. The molecule has 3 rings (SSSR count). The van der Waals surface area contributed by atoms with Gasteiger partial charge >= 0.3 is 11.9 Å². The molecule has 0 atom stereocenters. The number of hydrogen-bond donors (Lipinski definition) is 2. The molecule has 0 aliphatic carbocycles. The second-order valence-electron chi connectivity index (χ2n) is 6.55. The number of ketones is 1. The molecule has 2 aromatic heterocycles. The Kier molecular flexibility index (Phi) is 5.72. The summed E-state index contributed by atoms with van der Waals surface area (Å²) in [6.07, 6.45) is 1.33. The molecule has 0 amide bonds. The van der Waals surface area contributed by atoms with Gasteiger partial charge in [-0.3, -0.25) is 9.59 Å². The highest BCUT2D eigenvalue weighted by atomic mass is 16.5. The summed E-state index contributed by atoms with van der Waals surface area (Å²) in [5.74, 6) is -1.49. The van der Waals surface area contributed by atoms with Gasteiger partial charge in [0.15, 0.2) is 6.61 Å². The summed E-state index contributed by atoms with van der Waals surface area (Å²) in [6.45, 7) is 4.78. The van der Waals surface area contributed by atoms with Crippen molar-refractivity contribution in [3.05, 3.63) is 52.5 Å². The first-order valence-electron chi connectivity index (χ1n) is 9.06. The molecule has 0 unspecified atom stereocenters. The zero-order valence-corrected chi connectivity index (χ0v) is 16.3. The molecular weight excluding hydrogens is 378 g/mol. The van der Waals surface area contributed by atoms with E-state index in [0.717, 1.165) is 0 Å². The minimum absolute atomic E-state index is 0.0605. The summed E-state index contributed by atoms with van der Waals surface area (Å²) in [5, 5.41) is 10.1. The lowest BCUT2D eigenvalue weighted by Gasteiger charge is -2.04. The standard InChI is InChI=1S/C21H21NO7/c1-4-27-21(26)19-11(2)20(22-12(19)3)16(24)10-29-18(25)7-13-9-28-17-8-14(23)5-6-15(13)17/h5-6,8-9,22-23H,4,7,10H2,1-3H3. The van der Waals surface area contributed by atoms with Crippen molar-refractivity contribution >= 4 is 28.7 Å². The Bertz CT molecular complexity index is 1090. The first-order valence-corrected chi connectivity index (χ1v) is 9.06. The van der Waals surface area contributed by atoms with Crippen LogP contribution in [0.4, 0.5) is 0 Å². The van der Waals surface area contributed by atoms with Crippen LogP contribution >= 0.6 is 0 Å². The van der Waals surface area contributed by atoms with Gasteiger partial charge in [-0.15, -0.1) is 0 Å². The number of esters is 2. The van der Waals surface area contributed by atoms with Crippen LogP contribution in [0, 0.1) is 13.8 Å². The van der Waals surface area contributed by atoms with Crippen molar-refractivity contribution in [2.45, 2.75) is 27.2 Å². The number of benzene rings is 1. The summed E-state index contributed by atoms with van der Waals surface area (Å²) in [7, 11) is 0. The van der Waals surface area contributed by atoms with Gasteiger partial charge in [0.25, 0.3) is 0 Å². The first kappa shape index (κ1) is 20.2. The Morgan fingerprint density at radius 1 is 1.17 bits per heavy atom. The minimum Gasteiger partial charge on any atom is -0.508 e. The average molecular weight is 399 g/mol. The number of H-pyrrole nitrogens is 1. The fourth-order valence-corrected chi connectivity index (χ4v) is 3.17. The molecule has 0 saturated heterocycles. The molecule has 2 heterocycles. The Labute approximate surface area is 166 Å². The van der Waals surface area contributed by atoms with E-state index < -0.39 is 24.3 Å². The van der Waals surface area contributed by atoms with E-state index in [-0.39, 0.29) is 24.5 Å². The van der Waals surface area contributed by atoms with Crippen LogP contribution in [-0.2, 0) is 20.7 Å². The number of phenolic OH excluding ortho intramolecular Hbond substituents is 1. The highest BCUT2D eigenvalue weighted by Crippen LogP contribution is 2.25. The molecule has 0 aliphatic rings. The molecule has 0 radical (unpaired) electrons. The van der Waals surface area contributed by atoms with Crippen molar-refractivity contribution in [2.75, 3.05) is 13.2 Å². The van der Waals surface area contributed by atoms with Crippen LogP contribution in [-0.4, -0.2) is 41.0 Å². The van der Waals surface area contributed by atoms with Gasteiger partial charge in [0.05, 0.1) is 30.5 Å². The number of nitrogens with one attached hydrogen (secondary N) is 1. The number of aromatic hydroxyl groups is 1. The summed E-state index contributed by atoms with van der Waals surface area (Å²) < 4.78 is 15.4. The van der Waals surface area contributed by atoms with Crippen LogP contribution in [0.1, 0.15) is 44.6 Å². The van der Waals surface area contributed by atoms with Gasteiger partial charge < -0.3 is 24.0 Å². The smallest absolute Gasteiger partial charge is 0.340 e. The van der Waals surface area contributed by atoms with Gasteiger partial charge in [-0.2, -0.15) is 0 Å². The van der Waals surface area contributed by atoms with Crippen LogP contribution in [0.5, 0.6) is 5.75 Å². The minimum atomic E-state index is -0.597. The number of fused-ring (bicyclic) bond motifs is 1. The van der Waals surface area contributed by atoms with Crippen molar-refractivity contribution in [2.24, 2.45) is 0 Å². The molecule has 1 aromatic carbocycles. The van der Waals surface area contributed by atoms with E-state index in [9.17, 15) is 19.5 Å². The molecule has 0 bridgehead atoms. The van der Waals surface area contributed by atoms with Gasteiger partial charge in [-0.25, -0.2) is 4.79 Å². The Morgan fingerprint density at radius 3 is 2.66 bits per heavy atom. The van der Waals surface area contributed by atoms with Crippen molar-refractivity contribution in [1.82, 2.24) is 4.98 Å². The summed E-state index contributed by atoms with van der Waals surface area (Å²) in [5.41, 5.74) is 2.55. The maximum atomic E-state index is 12.5. The molecule has 0 aliphatic heterocycles. The zero-order chi connectivity index (χ0) is 21.1. The number of aromatic amines is 1. The number of carbonyl (C=O) groups is 3. The number of ether oxygens (including phenoxy) is 2. The largest absolute Gasteiger partial charge is 0.508 e. The number of Topliss-reactive ketones (excluding diaryl/α,β-unsaturated/α-hetero) is 1. The third-order valence-corrected chi connectivity index (χ3v) is 4.53. The maximum Gasteiger partial charge on any atom is 0.340 e. The number of carbonyl (C=O) groups excluding carboxylic acids is 3. The highest BCUT2D eigenvalue weighted by molar-refractivity contribution is 6.02. The van der Waals surface area contributed by atoms with Crippen LogP contribution in [0.2, 0.25) is 0 Å². The number of aromatic nitrogens is 1. The van der Waals surface area contributed by atoms with Crippen LogP contribution in [0.15, 0.2) is 28.9 Å². The quantitative estimate of drug-likeness (QED) is 0.462. The Morgan fingerprint density at radius 2 is 1.93 bits per heavy atom. The van der Waals surface area contributed by atoms with Crippen molar-refractivity contribution in [1.29, 1.82) is 0 Å². The van der Waals surface area contributed by atoms with Gasteiger partial charge in [0.2, 0.25) is 5.78 Å². The van der Waals surface area contributed by atoms with E-state index in [1.807, 2.05) is 0 Å². The third-order valence-electron chi connectivity index (χ3n) is 4.53. The fourth-order valence-electron chi connectivity index (χ4n) is 3.17. The number of hydrogen-bond acceptors (Lipinski definition) is 7. The van der Waals surface area contributed by atoms with E-state index in [1.165, 1.54) is 18.4 Å². The zero-order valence-electron chi connectivity index (χ0n) is 16.3. The Hall–Kier alpha value is -3.55. The molecule has 0 spiro atoms. The summed E-state index contributed by atoms with van der Waals surface area (Å²) >= 11 is 0. The van der Waals surface area contributed by atoms with Gasteiger partial charge in [0.1, 0.15) is 11.3 Å². The van der Waals surface area contributed by atoms with Crippen LogP contribution in [0.25, 0.3) is 11.0 Å². The second-order valence-corrected chi connectivity index (χ2v) is 6.55. The molecule has 8 nitrogen and oxygen atoms in total. The lowest BCUT2D eigenvalue weighted by atomic mass is 10.1. The molecule has 0 fully saturated rings. The fraction of sp³-hybridized carbons (Fsp3) is 0.286. The lowest BCUT2D eigenvalue weighted by molar-refractivity contribution is -0.141. The molecule has 2 N–H and O–H groups in total. The van der Waals surface area contributed by atoms with E-state index in [2.05, 4.69) is 4.98 Å². The van der Waals surface area contributed by atoms with E-state index in [4.69, 9.17) is 13.9 Å². The predicted octanol–water partition coefficient (Wildman–Crippen LogP) is 3.23. The lowest BCUT2D eigenvalue weighted by Crippen LogP contribution is -2.16. The Balaban J connectivity index is 1.65. The van der Waals surface area contributed by atoms with Gasteiger partial charge in [0, 0.05) is 22.7 Å². The topological polar surface area (TPSA) is 119 Å².